The van der Waals surface area contributed by atoms with E-state index in [0.717, 1.165) is 0 Å². The lowest BCUT2D eigenvalue weighted by Gasteiger charge is -2.22. The van der Waals surface area contributed by atoms with E-state index in [-0.39, 0.29) is 18.0 Å². The molecule has 0 aromatic heterocycles. The van der Waals surface area contributed by atoms with Crippen molar-refractivity contribution in [2.75, 3.05) is 14.1 Å². The van der Waals surface area contributed by atoms with Gasteiger partial charge in [-0.3, -0.25) is 4.79 Å². The predicted molar refractivity (Wildman–Crippen MR) is 89.5 cm³/mol. The van der Waals surface area contributed by atoms with Crippen LogP contribution in [0.15, 0.2) is 54.6 Å². The Balaban J connectivity index is 2.30. The molecule has 2 aromatic rings. The van der Waals surface area contributed by atoms with Gasteiger partial charge in [0.2, 0.25) is 0 Å². The highest BCUT2D eigenvalue weighted by molar-refractivity contribution is 5.79. The maximum absolute atomic E-state index is 12.2. The van der Waals surface area contributed by atoms with Crippen LogP contribution in [-0.2, 0) is 4.79 Å². The second-order valence-corrected chi connectivity index (χ2v) is 6.01. The first kappa shape index (κ1) is 16.2. The van der Waals surface area contributed by atoms with Crippen LogP contribution >= 0.6 is 0 Å². The number of amides is 1. The van der Waals surface area contributed by atoms with Crippen molar-refractivity contribution < 1.29 is 10.1 Å². The zero-order valence-electron chi connectivity index (χ0n) is 13.8. The fourth-order valence-electron chi connectivity index (χ4n) is 2.63. The Hall–Kier alpha value is -2.13. The van der Waals surface area contributed by atoms with Gasteiger partial charge in [0.15, 0.2) is 6.04 Å². The average Bonchev–Trinajstić information content (AvgIpc) is 2.53. The van der Waals surface area contributed by atoms with Crippen molar-refractivity contribution in [3.05, 3.63) is 71.3 Å². The monoisotopic (exact) mass is 297 g/mol. The number of carbonyl (C=O) groups is 1. The first-order valence-electron chi connectivity index (χ1n) is 7.66. The highest BCUT2D eigenvalue weighted by Gasteiger charge is 2.25. The molecule has 0 bridgehead atoms. The molecule has 0 aliphatic heterocycles. The Morgan fingerprint density at radius 2 is 1.50 bits per heavy atom. The number of benzene rings is 2. The lowest BCUT2D eigenvalue weighted by atomic mass is 9.97. The minimum atomic E-state index is -0.124. The first-order valence-corrected chi connectivity index (χ1v) is 7.66. The lowest BCUT2D eigenvalue weighted by Crippen LogP contribution is -2.92. The predicted octanol–water partition coefficient (Wildman–Crippen LogP) is 2.12. The molecule has 0 aliphatic rings. The van der Waals surface area contributed by atoms with Crippen LogP contribution in [0.5, 0.6) is 0 Å². The third kappa shape index (κ3) is 3.95. The van der Waals surface area contributed by atoms with Crippen molar-refractivity contribution in [3.8, 4) is 0 Å². The Morgan fingerprint density at radius 1 is 0.955 bits per heavy atom. The number of nitrogens with zero attached hydrogens (tertiary/aromatic N) is 1. The number of hydrogen-bond acceptors (Lipinski definition) is 1. The van der Waals surface area contributed by atoms with Gasteiger partial charge in [-0.15, -0.1) is 0 Å². The van der Waals surface area contributed by atoms with E-state index in [1.165, 1.54) is 16.7 Å². The maximum Gasteiger partial charge on any atom is 0.280 e. The number of quaternary nitrogens is 1. The normalized spacial score (nSPS) is 13.5. The summed E-state index contributed by atoms with van der Waals surface area (Å²) in [6.07, 6.45) is 0. The molecule has 0 radical (unpaired) electrons. The topological polar surface area (TPSA) is 36.9 Å². The summed E-state index contributed by atoms with van der Waals surface area (Å²) in [4.78, 5) is 13.8. The molecule has 0 unspecified atom stereocenters. The van der Waals surface area contributed by atoms with E-state index in [1.54, 1.807) is 19.0 Å². The van der Waals surface area contributed by atoms with Gasteiger partial charge in [-0.05, 0) is 13.8 Å². The van der Waals surface area contributed by atoms with E-state index < -0.39 is 0 Å². The van der Waals surface area contributed by atoms with E-state index in [4.69, 9.17) is 0 Å². The minimum Gasteiger partial charge on any atom is -0.344 e. The molecule has 1 amide bonds. The summed E-state index contributed by atoms with van der Waals surface area (Å²) in [5, 5.41) is 2.14. The highest BCUT2D eigenvalue weighted by atomic mass is 16.2. The standard InChI is InChI=1S/C19H24N2O/c1-14-10-12-17(13-11-14)18(16-8-6-5-7-9-16)20-15(2)19(22)21(3)4/h5-13,15,18,20H,1-4H3/p+1/t15-,18+/m1/s1. The van der Waals surface area contributed by atoms with Crippen LogP contribution in [-0.4, -0.2) is 30.9 Å². The molecule has 3 heteroatoms. The Kier molecular flexibility index (Phi) is 5.34. The Labute approximate surface area is 133 Å². The van der Waals surface area contributed by atoms with Gasteiger partial charge >= 0.3 is 0 Å². The quantitative estimate of drug-likeness (QED) is 0.902. The van der Waals surface area contributed by atoms with E-state index in [9.17, 15) is 4.79 Å². The summed E-state index contributed by atoms with van der Waals surface area (Å²) in [6, 6.07) is 18.9. The first-order chi connectivity index (χ1) is 10.5. The molecule has 0 saturated carbocycles. The number of rotatable bonds is 5. The molecule has 0 heterocycles. The minimum absolute atomic E-state index is 0.124. The number of aryl methyl sites for hydroxylation is 1. The van der Waals surface area contributed by atoms with Crippen LogP contribution in [0.25, 0.3) is 0 Å². The summed E-state index contributed by atoms with van der Waals surface area (Å²) in [5.41, 5.74) is 3.67. The van der Waals surface area contributed by atoms with Gasteiger partial charge in [0.05, 0.1) is 0 Å². The Bertz CT molecular complexity index is 605. The fraction of sp³-hybridized carbons (Fsp3) is 0.316. The van der Waals surface area contributed by atoms with Crippen molar-refractivity contribution in [2.24, 2.45) is 0 Å². The van der Waals surface area contributed by atoms with Crippen LogP contribution in [0, 0.1) is 6.92 Å². The molecule has 22 heavy (non-hydrogen) atoms. The smallest absolute Gasteiger partial charge is 0.280 e. The molecular weight excluding hydrogens is 272 g/mol. The van der Waals surface area contributed by atoms with Crippen LogP contribution < -0.4 is 5.32 Å². The van der Waals surface area contributed by atoms with Gasteiger partial charge in [-0.25, -0.2) is 0 Å². The number of likely N-dealkylation sites (N-methyl/N-ethyl adjacent to an activating group) is 1. The van der Waals surface area contributed by atoms with Crippen LogP contribution in [0.1, 0.15) is 29.7 Å². The SMILES string of the molecule is Cc1ccc([C@@H]([NH2+][C@H](C)C(=O)N(C)C)c2ccccc2)cc1. The van der Waals surface area contributed by atoms with Crippen LogP contribution in [0.3, 0.4) is 0 Å². The molecule has 0 spiro atoms. The van der Waals surface area contributed by atoms with Gasteiger partial charge in [-0.2, -0.15) is 0 Å². The summed E-state index contributed by atoms with van der Waals surface area (Å²) >= 11 is 0. The van der Waals surface area contributed by atoms with E-state index >= 15 is 0 Å². The average molecular weight is 297 g/mol. The highest BCUT2D eigenvalue weighted by Crippen LogP contribution is 2.19. The number of hydrogen-bond donors (Lipinski definition) is 1. The third-order valence-corrected chi connectivity index (χ3v) is 3.91. The van der Waals surface area contributed by atoms with Crippen molar-refractivity contribution in [2.45, 2.75) is 25.9 Å². The molecule has 2 rings (SSSR count). The van der Waals surface area contributed by atoms with Gasteiger partial charge in [-0.1, -0.05) is 60.2 Å². The van der Waals surface area contributed by atoms with Gasteiger partial charge < -0.3 is 10.2 Å². The molecule has 0 saturated heterocycles. The van der Waals surface area contributed by atoms with Crippen molar-refractivity contribution in [3.63, 3.8) is 0 Å². The van der Waals surface area contributed by atoms with Crippen molar-refractivity contribution in [1.29, 1.82) is 0 Å². The molecule has 0 fully saturated rings. The molecule has 3 nitrogen and oxygen atoms in total. The Morgan fingerprint density at radius 3 is 2.05 bits per heavy atom. The lowest BCUT2D eigenvalue weighted by molar-refractivity contribution is -0.705. The summed E-state index contributed by atoms with van der Waals surface area (Å²) in [6.45, 7) is 4.05. The van der Waals surface area contributed by atoms with Gasteiger partial charge in [0, 0.05) is 25.2 Å². The third-order valence-electron chi connectivity index (χ3n) is 3.91. The second-order valence-electron chi connectivity index (χ2n) is 6.01. The van der Waals surface area contributed by atoms with E-state index in [1.807, 2.05) is 25.1 Å². The maximum atomic E-state index is 12.2. The van der Waals surface area contributed by atoms with Crippen LogP contribution in [0.4, 0.5) is 0 Å². The molecule has 116 valence electrons. The van der Waals surface area contributed by atoms with E-state index in [0.29, 0.717) is 0 Å². The van der Waals surface area contributed by atoms with Crippen molar-refractivity contribution >= 4 is 5.91 Å². The second kappa shape index (κ2) is 7.23. The summed E-state index contributed by atoms with van der Waals surface area (Å²) < 4.78 is 0. The molecule has 0 aliphatic carbocycles. The van der Waals surface area contributed by atoms with Crippen LogP contribution in [0.2, 0.25) is 0 Å². The number of nitrogens with two attached hydrogens (primary N) is 1. The summed E-state index contributed by atoms with van der Waals surface area (Å²) in [7, 11) is 3.60. The summed E-state index contributed by atoms with van der Waals surface area (Å²) in [5.74, 6) is 0.132. The molecule has 2 aromatic carbocycles. The largest absolute Gasteiger partial charge is 0.344 e. The molecule has 2 atom stereocenters. The number of carbonyl (C=O) groups excluding carboxylic acids is 1. The van der Waals surface area contributed by atoms with Gasteiger partial charge in [0.1, 0.15) is 6.04 Å². The van der Waals surface area contributed by atoms with E-state index in [2.05, 4.69) is 48.6 Å². The van der Waals surface area contributed by atoms with Crippen molar-refractivity contribution in [1.82, 2.24) is 4.90 Å². The zero-order chi connectivity index (χ0) is 16.1. The van der Waals surface area contributed by atoms with Gasteiger partial charge in [0.25, 0.3) is 5.91 Å². The molecule has 2 N–H and O–H groups in total. The fourth-order valence-corrected chi connectivity index (χ4v) is 2.63. The molecular formula is C19H25N2O+. The zero-order valence-corrected chi connectivity index (χ0v) is 13.8.